The molecule has 28 heavy (non-hydrogen) atoms. The fourth-order valence-corrected chi connectivity index (χ4v) is 3.64. The lowest BCUT2D eigenvalue weighted by atomic mass is 9.97. The highest BCUT2D eigenvalue weighted by atomic mass is 16.5. The number of benzene rings is 1. The van der Waals surface area contributed by atoms with E-state index in [1.165, 1.54) is 0 Å². The Morgan fingerprint density at radius 2 is 2.14 bits per heavy atom. The van der Waals surface area contributed by atoms with Crippen molar-refractivity contribution in [2.75, 3.05) is 6.61 Å². The molecular formula is C21H24N4O3. The van der Waals surface area contributed by atoms with Gasteiger partial charge in [-0.1, -0.05) is 30.3 Å². The molecule has 7 nitrogen and oxygen atoms in total. The summed E-state index contributed by atoms with van der Waals surface area (Å²) in [6.07, 6.45) is 2.35. The standard InChI is InChI=1S/C21H24N4O3/c1-2-25-20-15(13-22-25)11-16-12-18(27)24-19(14-7-4-3-5-8-14)17(26)9-6-10-28-21(20)23-16/h3-5,7-8,11,13,17,19,26H,2,6,9-10,12H2,1H3,(H,24,27)/t17-,19-/m0/s1. The molecule has 2 aromatic heterocycles. The number of rotatable bonds is 2. The van der Waals surface area contributed by atoms with Crippen LogP contribution in [0.1, 0.15) is 37.1 Å². The number of aliphatic hydroxyl groups is 1. The molecule has 3 heterocycles. The second-order valence-electron chi connectivity index (χ2n) is 7.01. The largest absolute Gasteiger partial charge is 0.476 e. The average molecular weight is 380 g/mol. The molecular weight excluding hydrogens is 356 g/mol. The summed E-state index contributed by atoms with van der Waals surface area (Å²) in [5, 5.41) is 19.0. The molecule has 1 aliphatic rings. The number of carbonyl (C=O) groups is 1. The maximum atomic E-state index is 12.7. The molecule has 7 heteroatoms. The van der Waals surface area contributed by atoms with Gasteiger partial charge in [-0.15, -0.1) is 0 Å². The van der Waals surface area contributed by atoms with Crippen LogP contribution < -0.4 is 10.1 Å². The molecule has 0 fully saturated rings. The number of aliphatic hydroxyl groups excluding tert-OH is 1. The molecule has 2 N–H and O–H groups in total. The number of hydrogen-bond acceptors (Lipinski definition) is 5. The maximum absolute atomic E-state index is 12.7. The van der Waals surface area contributed by atoms with Crippen molar-refractivity contribution < 1.29 is 14.6 Å². The third kappa shape index (κ3) is 3.71. The van der Waals surface area contributed by atoms with Crippen LogP contribution in [-0.4, -0.2) is 38.5 Å². The molecule has 0 saturated heterocycles. The van der Waals surface area contributed by atoms with Crippen LogP contribution in [0.5, 0.6) is 5.88 Å². The minimum Gasteiger partial charge on any atom is -0.476 e. The van der Waals surface area contributed by atoms with Crippen molar-refractivity contribution in [1.82, 2.24) is 20.1 Å². The van der Waals surface area contributed by atoms with Gasteiger partial charge in [0, 0.05) is 11.9 Å². The normalized spacial score (nSPS) is 20.7. The van der Waals surface area contributed by atoms with E-state index in [4.69, 9.17) is 4.74 Å². The van der Waals surface area contributed by atoms with Crippen molar-refractivity contribution in [3.63, 3.8) is 0 Å². The summed E-state index contributed by atoms with van der Waals surface area (Å²) in [5.74, 6) is 0.309. The van der Waals surface area contributed by atoms with Gasteiger partial charge in [0.15, 0.2) is 0 Å². The molecule has 3 aromatic rings. The van der Waals surface area contributed by atoms with E-state index in [0.29, 0.717) is 37.6 Å². The highest BCUT2D eigenvalue weighted by molar-refractivity contribution is 5.85. The third-order valence-electron chi connectivity index (χ3n) is 5.02. The summed E-state index contributed by atoms with van der Waals surface area (Å²) >= 11 is 0. The Hall–Kier alpha value is -2.93. The maximum Gasteiger partial charge on any atom is 0.240 e. The second kappa shape index (κ2) is 7.98. The van der Waals surface area contributed by atoms with E-state index in [-0.39, 0.29) is 12.3 Å². The van der Waals surface area contributed by atoms with Crippen molar-refractivity contribution in [3.05, 3.63) is 53.9 Å². The van der Waals surface area contributed by atoms with Crippen molar-refractivity contribution in [1.29, 1.82) is 0 Å². The van der Waals surface area contributed by atoms with E-state index in [0.717, 1.165) is 16.5 Å². The fraction of sp³-hybridized carbons (Fsp3) is 0.381. The highest BCUT2D eigenvalue weighted by Crippen LogP contribution is 2.27. The van der Waals surface area contributed by atoms with E-state index >= 15 is 0 Å². The average Bonchev–Trinajstić information content (AvgIpc) is 3.12. The fourth-order valence-electron chi connectivity index (χ4n) is 3.64. The zero-order valence-corrected chi connectivity index (χ0v) is 15.8. The summed E-state index contributed by atoms with van der Waals surface area (Å²) in [6, 6.07) is 11.0. The zero-order valence-electron chi connectivity index (χ0n) is 15.8. The molecule has 4 rings (SSSR count). The summed E-state index contributed by atoms with van der Waals surface area (Å²) in [4.78, 5) is 17.3. The summed E-state index contributed by atoms with van der Waals surface area (Å²) in [6.45, 7) is 3.15. The van der Waals surface area contributed by atoms with Crippen LogP contribution in [0.25, 0.3) is 10.9 Å². The topological polar surface area (TPSA) is 89.3 Å². The SMILES string of the molecule is CCn1ncc2cc3nc(c21)OCCC[C@H](O)[C@H](c1ccccc1)NC(=O)C3. The summed E-state index contributed by atoms with van der Waals surface area (Å²) < 4.78 is 7.78. The van der Waals surface area contributed by atoms with Crippen LogP contribution in [0, 0.1) is 0 Å². The van der Waals surface area contributed by atoms with E-state index < -0.39 is 12.1 Å². The monoisotopic (exact) mass is 380 g/mol. The number of hydrogen-bond donors (Lipinski definition) is 2. The molecule has 1 aromatic carbocycles. The van der Waals surface area contributed by atoms with Gasteiger partial charge >= 0.3 is 0 Å². The molecule has 0 radical (unpaired) electrons. The Morgan fingerprint density at radius 3 is 2.93 bits per heavy atom. The highest BCUT2D eigenvalue weighted by Gasteiger charge is 2.24. The molecule has 0 aliphatic carbocycles. The first-order valence-corrected chi connectivity index (χ1v) is 9.66. The zero-order chi connectivity index (χ0) is 19.5. The molecule has 2 atom stereocenters. The summed E-state index contributed by atoms with van der Waals surface area (Å²) in [7, 11) is 0. The molecule has 146 valence electrons. The van der Waals surface area contributed by atoms with Crippen LogP contribution in [0.4, 0.5) is 0 Å². The number of aromatic nitrogens is 3. The molecule has 2 bridgehead atoms. The minimum atomic E-state index is -0.693. The van der Waals surface area contributed by atoms with Gasteiger partial charge in [-0.2, -0.15) is 5.10 Å². The number of nitrogens with one attached hydrogen (secondary N) is 1. The molecule has 0 unspecified atom stereocenters. The number of nitrogens with zero attached hydrogens (tertiary/aromatic N) is 3. The first-order valence-electron chi connectivity index (χ1n) is 9.66. The van der Waals surface area contributed by atoms with Gasteiger partial charge in [0.1, 0.15) is 5.52 Å². The van der Waals surface area contributed by atoms with Crippen molar-refractivity contribution in [2.45, 2.75) is 44.9 Å². The number of carbonyl (C=O) groups excluding carboxylic acids is 1. The Balaban J connectivity index is 1.68. The molecule has 1 aliphatic heterocycles. The van der Waals surface area contributed by atoms with Gasteiger partial charge in [-0.05, 0) is 31.4 Å². The molecule has 0 spiro atoms. The van der Waals surface area contributed by atoms with Gasteiger partial charge in [-0.25, -0.2) is 4.98 Å². The number of ether oxygens (including phenoxy) is 1. The van der Waals surface area contributed by atoms with Crippen molar-refractivity contribution in [2.24, 2.45) is 0 Å². The lowest BCUT2D eigenvalue weighted by molar-refractivity contribution is -0.122. The van der Waals surface area contributed by atoms with Crippen LogP contribution in [0.2, 0.25) is 0 Å². The van der Waals surface area contributed by atoms with E-state index in [1.54, 1.807) is 6.20 Å². The predicted molar refractivity (Wildman–Crippen MR) is 105 cm³/mol. The minimum absolute atomic E-state index is 0.111. The Kier molecular flexibility index (Phi) is 5.25. The van der Waals surface area contributed by atoms with Crippen molar-refractivity contribution >= 4 is 16.8 Å². The van der Waals surface area contributed by atoms with Gasteiger partial charge in [0.25, 0.3) is 0 Å². The first kappa shape index (κ1) is 18.4. The number of amides is 1. The predicted octanol–water partition coefficient (Wildman–Crippen LogP) is 2.38. The van der Waals surface area contributed by atoms with E-state index in [2.05, 4.69) is 15.4 Å². The van der Waals surface area contributed by atoms with Gasteiger partial charge in [0.05, 0.1) is 37.1 Å². The van der Waals surface area contributed by atoms with Gasteiger partial charge in [0.2, 0.25) is 11.8 Å². The van der Waals surface area contributed by atoms with E-state index in [9.17, 15) is 9.90 Å². The quantitative estimate of drug-likeness (QED) is 0.713. The van der Waals surface area contributed by atoms with Crippen LogP contribution >= 0.6 is 0 Å². The Bertz CT molecular complexity index is 970. The molecule has 1 amide bonds. The van der Waals surface area contributed by atoms with Crippen LogP contribution in [0.15, 0.2) is 42.6 Å². The van der Waals surface area contributed by atoms with E-state index in [1.807, 2.05) is 48.0 Å². The first-order chi connectivity index (χ1) is 13.7. The number of pyridine rings is 1. The van der Waals surface area contributed by atoms with Gasteiger partial charge < -0.3 is 15.2 Å². The second-order valence-corrected chi connectivity index (χ2v) is 7.01. The smallest absolute Gasteiger partial charge is 0.240 e. The Labute approximate surface area is 163 Å². The number of aryl methyl sites for hydroxylation is 1. The van der Waals surface area contributed by atoms with Crippen molar-refractivity contribution in [3.8, 4) is 5.88 Å². The molecule has 0 saturated carbocycles. The third-order valence-corrected chi connectivity index (χ3v) is 5.02. The Morgan fingerprint density at radius 1 is 1.32 bits per heavy atom. The van der Waals surface area contributed by atoms with Crippen LogP contribution in [0.3, 0.4) is 0 Å². The lowest BCUT2D eigenvalue weighted by Gasteiger charge is -2.25. The van der Waals surface area contributed by atoms with Gasteiger partial charge in [-0.3, -0.25) is 9.48 Å². The summed E-state index contributed by atoms with van der Waals surface area (Å²) in [5.41, 5.74) is 2.35. The van der Waals surface area contributed by atoms with Crippen LogP contribution in [-0.2, 0) is 17.8 Å². The number of fused-ring (bicyclic) bond motifs is 4. The lowest BCUT2D eigenvalue weighted by Crippen LogP contribution is -2.37.